The third-order valence-corrected chi connectivity index (χ3v) is 2.79. The first-order valence-corrected chi connectivity index (χ1v) is 4.96. The number of ether oxygens (including phenoxy) is 1. The maximum absolute atomic E-state index is 8.98. The number of rotatable bonds is 4. The molecule has 1 atom stereocenters. The average molecular weight is 187 g/mol. The van der Waals surface area contributed by atoms with Crippen molar-refractivity contribution in [2.24, 2.45) is 5.92 Å². The third kappa shape index (κ3) is 3.25. The molecule has 1 saturated heterocycles. The molecule has 0 spiro atoms. The van der Waals surface area contributed by atoms with Gasteiger partial charge in [0.2, 0.25) is 0 Å². The number of hydrogen-bond donors (Lipinski definition) is 1. The predicted octanol–water partition coefficient (Wildman–Crippen LogP) is 0.726. The van der Waals surface area contributed by atoms with Gasteiger partial charge in [-0.2, -0.15) is 0 Å². The minimum absolute atomic E-state index is 0.0651. The maximum Gasteiger partial charge on any atom is 0.0749 e. The first kappa shape index (κ1) is 11.0. The lowest BCUT2D eigenvalue weighted by molar-refractivity contribution is -0.00365. The Morgan fingerprint density at radius 2 is 2.23 bits per heavy atom. The molecule has 13 heavy (non-hydrogen) atoms. The van der Waals surface area contributed by atoms with E-state index in [2.05, 4.69) is 18.7 Å². The SMILES string of the molecule is COC(C)(C)CN1CCC(CO)C1. The highest BCUT2D eigenvalue weighted by Crippen LogP contribution is 2.19. The standard InChI is InChI=1S/C10H21NO2/c1-10(2,13-3)8-11-5-4-9(6-11)7-12/h9,12H,4-8H2,1-3H3. The van der Waals surface area contributed by atoms with E-state index >= 15 is 0 Å². The molecule has 0 radical (unpaired) electrons. The number of hydrogen-bond acceptors (Lipinski definition) is 3. The Morgan fingerprint density at radius 1 is 1.54 bits per heavy atom. The third-order valence-electron chi connectivity index (χ3n) is 2.79. The van der Waals surface area contributed by atoms with Gasteiger partial charge in [0.05, 0.1) is 5.60 Å². The van der Waals surface area contributed by atoms with Crippen molar-refractivity contribution in [2.75, 3.05) is 33.4 Å². The van der Waals surface area contributed by atoms with Gasteiger partial charge in [0.25, 0.3) is 0 Å². The van der Waals surface area contributed by atoms with E-state index in [0.717, 1.165) is 26.1 Å². The highest BCUT2D eigenvalue weighted by molar-refractivity contribution is 4.81. The lowest BCUT2D eigenvalue weighted by Crippen LogP contribution is -2.39. The molecule has 0 aromatic rings. The van der Waals surface area contributed by atoms with E-state index < -0.39 is 0 Å². The van der Waals surface area contributed by atoms with Crippen LogP contribution >= 0.6 is 0 Å². The molecule has 0 amide bonds. The molecule has 1 rings (SSSR count). The summed E-state index contributed by atoms with van der Waals surface area (Å²) in [5.74, 6) is 0.479. The predicted molar refractivity (Wildman–Crippen MR) is 52.7 cm³/mol. The Kier molecular flexibility index (Phi) is 3.71. The molecule has 1 unspecified atom stereocenters. The molecule has 1 aliphatic rings. The topological polar surface area (TPSA) is 32.7 Å². The van der Waals surface area contributed by atoms with Crippen LogP contribution in [-0.4, -0.2) is 49.0 Å². The van der Waals surface area contributed by atoms with Gasteiger partial charge in [-0.3, -0.25) is 0 Å². The molecule has 1 fully saturated rings. The Labute approximate surface area is 80.7 Å². The average Bonchev–Trinajstić information content (AvgIpc) is 2.52. The lowest BCUT2D eigenvalue weighted by atomic mass is 10.1. The van der Waals surface area contributed by atoms with Crippen molar-refractivity contribution in [2.45, 2.75) is 25.9 Å². The molecule has 0 aliphatic carbocycles. The molecule has 78 valence electrons. The van der Waals surface area contributed by atoms with Crippen LogP contribution in [-0.2, 0) is 4.74 Å². The van der Waals surface area contributed by atoms with Crippen molar-refractivity contribution in [3.63, 3.8) is 0 Å². The van der Waals surface area contributed by atoms with Crippen LogP contribution in [0.2, 0.25) is 0 Å². The van der Waals surface area contributed by atoms with Gasteiger partial charge in [0.1, 0.15) is 0 Å². The summed E-state index contributed by atoms with van der Waals surface area (Å²) < 4.78 is 5.36. The number of methoxy groups -OCH3 is 1. The molecule has 0 saturated carbocycles. The summed E-state index contributed by atoms with van der Waals surface area (Å²) >= 11 is 0. The molecule has 1 N–H and O–H groups in total. The summed E-state index contributed by atoms with van der Waals surface area (Å²) in [6.07, 6.45) is 1.12. The van der Waals surface area contributed by atoms with E-state index in [-0.39, 0.29) is 5.60 Å². The van der Waals surface area contributed by atoms with E-state index in [9.17, 15) is 0 Å². The Morgan fingerprint density at radius 3 is 2.69 bits per heavy atom. The first-order chi connectivity index (χ1) is 6.07. The van der Waals surface area contributed by atoms with Crippen molar-refractivity contribution in [1.29, 1.82) is 0 Å². The number of likely N-dealkylation sites (tertiary alicyclic amines) is 1. The highest BCUT2D eigenvalue weighted by atomic mass is 16.5. The van der Waals surface area contributed by atoms with Gasteiger partial charge >= 0.3 is 0 Å². The second kappa shape index (κ2) is 4.40. The fraction of sp³-hybridized carbons (Fsp3) is 1.00. The minimum Gasteiger partial charge on any atom is -0.396 e. The van der Waals surface area contributed by atoms with Crippen LogP contribution in [0.4, 0.5) is 0 Å². The van der Waals surface area contributed by atoms with Gasteiger partial charge in [-0.25, -0.2) is 0 Å². The molecule has 0 aromatic carbocycles. The highest BCUT2D eigenvalue weighted by Gasteiger charge is 2.27. The summed E-state index contributed by atoms with van der Waals surface area (Å²) in [6, 6.07) is 0. The molecular formula is C10H21NO2. The zero-order chi connectivity index (χ0) is 9.90. The summed E-state index contributed by atoms with van der Waals surface area (Å²) in [4.78, 5) is 2.37. The van der Waals surface area contributed by atoms with Gasteiger partial charge in [0.15, 0.2) is 0 Å². The summed E-state index contributed by atoms with van der Waals surface area (Å²) in [5, 5.41) is 8.98. The van der Waals surface area contributed by atoms with Crippen LogP contribution in [0, 0.1) is 5.92 Å². The van der Waals surface area contributed by atoms with E-state index in [0.29, 0.717) is 12.5 Å². The lowest BCUT2D eigenvalue weighted by Gasteiger charge is -2.28. The smallest absolute Gasteiger partial charge is 0.0749 e. The van der Waals surface area contributed by atoms with Gasteiger partial charge in [-0.15, -0.1) is 0 Å². The van der Waals surface area contributed by atoms with Crippen molar-refractivity contribution < 1.29 is 9.84 Å². The second-order valence-electron chi connectivity index (χ2n) is 4.54. The van der Waals surface area contributed by atoms with Gasteiger partial charge in [-0.05, 0) is 32.7 Å². The molecular weight excluding hydrogens is 166 g/mol. The zero-order valence-corrected chi connectivity index (χ0v) is 8.92. The minimum atomic E-state index is -0.0651. The summed E-state index contributed by atoms with van der Waals surface area (Å²) in [5.41, 5.74) is -0.0651. The van der Waals surface area contributed by atoms with Crippen molar-refractivity contribution >= 4 is 0 Å². The second-order valence-corrected chi connectivity index (χ2v) is 4.54. The molecule has 0 bridgehead atoms. The quantitative estimate of drug-likeness (QED) is 0.704. The summed E-state index contributed by atoms with van der Waals surface area (Å²) in [6.45, 7) is 7.59. The number of aliphatic hydroxyl groups is 1. The summed E-state index contributed by atoms with van der Waals surface area (Å²) in [7, 11) is 1.75. The molecule has 0 aromatic heterocycles. The molecule has 1 aliphatic heterocycles. The Balaban J connectivity index is 2.31. The molecule has 3 nitrogen and oxygen atoms in total. The van der Waals surface area contributed by atoms with E-state index in [1.807, 2.05) is 0 Å². The van der Waals surface area contributed by atoms with E-state index in [1.165, 1.54) is 0 Å². The number of nitrogens with zero attached hydrogens (tertiary/aromatic N) is 1. The monoisotopic (exact) mass is 187 g/mol. The van der Waals surface area contributed by atoms with Crippen LogP contribution in [0.1, 0.15) is 20.3 Å². The molecule has 1 heterocycles. The van der Waals surface area contributed by atoms with Gasteiger partial charge < -0.3 is 14.7 Å². The van der Waals surface area contributed by atoms with Crippen LogP contribution in [0.25, 0.3) is 0 Å². The largest absolute Gasteiger partial charge is 0.396 e. The number of aliphatic hydroxyl groups excluding tert-OH is 1. The van der Waals surface area contributed by atoms with Gasteiger partial charge in [0, 0.05) is 26.8 Å². The fourth-order valence-corrected chi connectivity index (χ4v) is 1.81. The van der Waals surface area contributed by atoms with Crippen molar-refractivity contribution in [1.82, 2.24) is 4.90 Å². The van der Waals surface area contributed by atoms with Crippen LogP contribution in [0.5, 0.6) is 0 Å². The van der Waals surface area contributed by atoms with Crippen LogP contribution in [0.15, 0.2) is 0 Å². The van der Waals surface area contributed by atoms with E-state index in [1.54, 1.807) is 7.11 Å². The van der Waals surface area contributed by atoms with Crippen molar-refractivity contribution in [3.05, 3.63) is 0 Å². The fourth-order valence-electron chi connectivity index (χ4n) is 1.81. The normalized spacial score (nSPS) is 25.4. The Hall–Kier alpha value is -0.120. The van der Waals surface area contributed by atoms with Crippen molar-refractivity contribution in [3.8, 4) is 0 Å². The molecule has 3 heteroatoms. The van der Waals surface area contributed by atoms with E-state index in [4.69, 9.17) is 9.84 Å². The maximum atomic E-state index is 8.98. The van der Waals surface area contributed by atoms with Crippen LogP contribution in [0.3, 0.4) is 0 Å². The Bertz CT molecular complexity index is 159. The zero-order valence-electron chi connectivity index (χ0n) is 8.92. The van der Waals surface area contributed by atoms with Crippen LogP contribution < -0.4 is 0 Å². The first-order valence-electron chi connectivity index (χ1n) is 4.96. The van der Waals surface area contributed by atoms with Gasteiger partial charge in [-0.1, -0.05) is 0 Å².